The maximum absolute atomic E-state index is 14.5. The van der Waals surface area contributed by atoms with Crippen LogP contribution in [0.5, 0.6) is 5.88 Å². The highest BCUT2D eigenvalue weighted by Gasteiger charge is 2.20. The van der Waals surface area contributed by atoms with Gasteiger partial charge in [-0.3, -0.25) is 4.98 Å². The fraction of sp³-hybridized carbons (Fsp3) is 0.105. The number of methoxy groups -OCH3 is 1. The molecular weight excluding hydrogens is 401 g/mol. The monoisotopic (exact) mass is 415 g/mol. The van der Waals surface area contributed by atoms with Crippen LogP contribution in [0.25, 0.3) is 22.0 Å². The number of hydrogen-bond donors (Lipinski definition) is 0. The molecule has 0 radical (unpaired) electrons. The largest absolute Gasteiger partial charge is 0.481 e. The van der Waals surface area contributed by atoms with E-state index < -0.39 is 15.7 Å². The molecule has 0 saturated heterocycles. The minimum atomic E-state index is -3.66. The molecule has 3 heterocycles. The van der Waals surface area contributed by atoms with Gasteiger partial charge in [-0.15, -0.1) is 11.3 Å². The summed E-state index contributed by atoms with van der Waals surface area (Å²) in [6.45, 7) is 0. The average molecular weight is 415 g/mol. The van der Waals surface area contributed by atoms with E-state index in [1.165, 1.54) is 30.6 Å². The quantitative estimate of drug-likeness (QED) is 0.492. The van der Waals surface area contributed by atoms with Gasteiger partial charge in [0.15, 0.2) is 9.84 Å². The van der Waals surface area contributed by atoms with Crippen LogP contribution in [0.2, 0.25) is 0 Å². The summed E-state index contributed by atoms with van der Waals surface area (Å²) in [7, 11) is -2.17. The molecule has 9 heteroatoms. The number of ether oxygens (including phenoxy) is 1. The predicted molar refractivity (Wildman–Crippen MR) is 104 cm³/mol. The molecule has 1 aromatic carbocycles. The van der Waals surface area contributed by atoms with E-state index >= 15 is 0 Å². The van der Waals surface area contributed by atoms with Crippen molar-refractivity contribution in [1.29, 1.82) is 0 Å². The molecule has 0 amide bonds. The van der Waals surface area contributed by atoms with Gasteiger partial charge in [0.25, 0.3) is 0 Å². The number of rotatable bonds is 5. The Bertz CT molecular complexity index is 1260. The molecule has 4 aromatic rings. The number of benzene rings is 1. The average Bonchev–Trinajstić information content (AvgIpc) is 3.20. The maximum atomic E-state index is 14.5. The Morgan fingerprint density at radius 2 is 1.96 bits per heavy atom. The number of sulfone groups is 1. The number of thiazole rings is 1. The van der Waals surface area contributed by atoms with Crippen LogP contribution in [-0.4, -0.2) is 30.5 Å². The molecule has 0 saturated carbocycles. The highest BCUT2D eigenvalue weighted by atomic mass is 32.2. The Morgan fingerprint density at radius 1 is 1.11 bits per heavy atom. The number of fused-ring (bicyclic) bond motifs is 1. The molecule has 0 aliphatic heterocycles. The van der Waals surface area contributed by atoms with Crippen LogP contribution in [-0.2, 0) is 15.6 Å². The molecule has 6 nitrogen and oxygen atoms in total. The van der Waals surface area contributed by atoms with Gasteiger partial charge in [-0.25, -0.2) is 22.8 Å². The number of aromatic nitrogens is 3. The minimum Gasteiger partial charge on any atom is -0.481 e. The van der Waals surface area contributed by atoms with Gasteiger partial charge in [-0.2, -0.15) is 0 Å². The van der Waals surface area contributed by atoms with Crippen molar-refractivity contribution >= 4 is 31.9 Å². The van der Waals surface area contributed by atoms with Crippen molar-refractivity contribution in [3.05, 3.63) is 65.1 Å². The molecule has 0 aliphatic carbocycles. The molecule has 0 spiro atoms. The van der Waals surface area contributed by atoms with Gasteiger partial charge in [0, 0.05) is 28.5 Å². The smallest absolute Gasteiger partial charge is 0.222 e. The lowest BCUT2D eigenvalue weighted by Crippen LogP contribution is -2.05. The highest BCUT2D eigenvalue weighted by Crippen LogP contribution is 2.34. The van der Waals surface area contributed by atoms with Crippen LogP contribution in [0.4, 0.5) is 4.39 Å². The fourth-order valence-corrected chi connectivity index (χ4v) is 5.18. The van der Waals surface area contributed by atoms with Crippen LogP contribution >= 0.6 is 11.3 Å². The summed E-state index contributed by atoms with van der Waals surface area (Å²) in [5.74, 6) is -0.483. The van der Waals surface area contributed by atoms with E-state index in [1.807, 2.05) is 0 Å². The lowest BCUT2D eigenvalue weighted by molar-refractivity contribution is 0.399. The molecular formula is C19H14FN3O3S2. The Labute approximate surface area is 164 Å². The van der Waals surface area contributed by atoms with Crippen molar-refractivity contribution in [3.63, 3.8) is 0 Å². The summed E-state index contributed by atoms with van der Waals surface area (Å²) in [6, 6.07) is 7.84. The van der Waals surface area contributed by atoms with Crippen LogP contribution in [0.15, 0.2) is 59.2 Å². The van der Waals surface area contributed by atoms with Crippen LogP contribution in [0.1, 0.15) is 5.01 Å². The lowest BCUT2D eigenvalue weighted by atomic mass is 10.0. The fourth-order valence-electron chi connectivity index (χ4n) is 2.90. The second-order valence-electron chi connectivity index (χ2n) is 5.91. The minimum absolute atomic E-state index is 0.0319. The SMILES string of the molecule is COc1ncccc1-c1ncc(F)c2cc(S(=O)(=O)Cc3nccs3)ccc12. The molecule has 3 aromatic heterocycles. The first kappa shape index (κ1) is 18.5. The third kappa shape index (κ3) is 3.34. The van der Waals surface area contributed by atoms with E-state index in [0.717, 1.165) is 6.20 Å². The standard InChI is InChI=1S/C19H14FN3O3S2/c1-26-19-14(3-2-6-22-19)18-13-5-4-12(9-15(13)16(20)10-23-18)28(24,25)11-17-21-7-8-27-17/h2-10H,11H2,1H3. The summed E-state index contributed by atoms with van der Waals surface area (Å²) in [5, 5.41) is 2.83. The second-order valence-corrected chi connectivity index (χ2v) is 8.88. The van der Waals surface area contributed by atoms with Crippen molar-refractivity contribution in [2.75, 3.05) is 7.11 Å². The van der Waals surface area contributed by atoms with Crippen LogP contribution in [0.3, 0.4) is 0 Å². The first-order valence-electron chi connectivity index (χ1n) is 8.18. The van der Waals surface area contributed by atoms with Gasteiger partial charge in [0.2, 0.25) is 5.88 Å². The molecule has 0 atom stereocenters. The number of hydrogen-bond acceptors (Lipinski definition) is 7. The van der Waals surface area contributed by atoms with Crippen molar-refractivity contribution < 1.29 is 17.5 Å². The van der Waals surface area contributed by atoms with Crippen molar-refractivity contribution in [1.82, 2.24) is 15.0 Å². The third-order valence-electron chi connectivity index (χ3n) is 4.19. The zero-order valence-corrected chi connectivity index (χ0v) is 16.3. The molecule has 28 heavy (non-hydrogen) atoms. The predicted octanol–water partition coefficient (Wildman–Crippen LogP) is 3.87. The van der Waals surface area contributed by atoms with Crippen molar-refractivity contribution in [2.24, 2.45) is 0 Å². The summed E-state index contributed by atoms with van der Waals surface area (Å²) in [5.41, 5.74) is 1.05. The molecule has 0 unspecified atom stereocenters. The Hall–Kier alpha value is -2.91. The molecule has 4 rings (SSSR count). The van der Waals surface area contributed by atoms with Crippen molar-refractivity contribution in [2.45, 2.75) is 10.6 Å². The van der Waals surface area contributed by atoms with E-state index in [0.29, 0.717) is 27.5 Å². The van der Waals surface area contributed by atoms with Crippen molar-refractivity contribution in [3.8, 4) is 17.1 Å². The number of halogens is 1. The van der Waals surface area contributed by atoms with Gasteiger partial charge in [0.1, 0.15) is 16.6 Å². The zero-order valence-electron chi connectivity index (χ0n) is 14.7. The van der Waals surface area contributed by atoms with E-state index in [-0.39, 0.29) is 16.0 Å². The summed E-state index contributed by atoms with van der Waals surface area (Å²) < 4.78 is 45.2. The summed E-state index contributed by atoms with van der Waals surface area (Å²) in [6.07, 6.45) is 4.20. The van der Waals surface area contributed by atoms with Gasteiger partial charge >= 0.3 is 0 Å². The van der Waals surface area contributed by atoms with Gasteiger partial charge in [-0.1, -0.05) is 6.07 Å². The number of nitrogens with zero attached hydrogens (tertiary/aromatic N) is 3. The van der Waals surface area contributed by atoms with Crippen LogP contribution in [0, 0.1) is 5.82 Å². The number of pyridine rings is 2. The Kier molecular flexibility index (Phi) is 4.78. The Balaban J connectivity index is 1.86. The molecule has 0 fully saturated rings. The lowest BCUT2D eigenvalue weighted by Gasteiger charge is -2.11. The first-order valence-corrected chi connectivity index (χ1v) is 10.7. The van der Waals surface area contributed by atoms with Gasteiger partial charge in [0.05, 0.1) is 29.5 Å². The topological polar surface area (TPSA) is 82.0 Å². The third-order valence-corrected chi connectivity index (χ3v) is 6.77. The van der Waals surface area contributed by atoms with E-state index in [4.69, 9.17) is 4.74 Å². The van der Waals surface area contributed by atoms with Gasteiger partial charge < -0.3 is 4.74 Å². The summed E-state index contributed by atoms with van der Waals surface area (Å²) in [4.78, 5) is 12.4. The zero-order chi connectivity index (χ0) is 19.7. The van der Waals surface area contributed by atoms with E-state index in [2.05, 4.69) is 15.0 Å². The van der Waals surface area contributed by atoms with E-state index in [9.17, 15) is 12.8 Å². The highest BCUT2D eigenvalue weighted by molar-refractivity contribution is 7.90. The normalized spacial score (nSPS) is 11.6. The molecule has 142 valence electrons. The molecule has 0 bridgehead atoms. The van der Waals surface area contributed by atoms with E-state index in [1.54, 1.807) is 36.0 Å². The Morgan fingerprint density at radius 3 is 2.71 bits per heavy atom. The maximum Gasteiger partial charge on any atom is 0.222 e. The second kappa shape index (κ2) is 7.25. The molecule has 0 aliphatic rings. The summed E-state index contributed by atoms with van der Waals surface area (Å²) >= 11 is 1.26. The first-order chi connectivity index (χ1) is 13.5. The van der Waals surface area contributed by atoms with Crippen LogP contribution < -0.4 is 4.74 Å². The molecule has 0 N–H and O–H groups in total. The van der Waals surface area contributed by atoms with Gasteiger partial charge in [-0.05, 0) is 24.3 Å².